The van der Waals surface area contributed by atoms with E-state index in [1.807, 2.05) is 0 Å². The number of piperidine rings is 1. The van der Waals surface area contributed by atoms with Crippen molar-refractivity contribution in [3.63, 3.8) is 0 Å². The number of anilines is 1. The topological polar surface area (TPSA) is 38.0 Å². The summed E-state index contributed by atoms with van der Waals surface area (Å²) in [7, 11) is 0. The third kappa shape index (κ3) is 2.51. The summed E-state index contributed by atoms with van der Waals surface area (Å²) >= 11 is 0. The predicted molar refractivity (Wildman–Crippen MR) is 64.9 cm³/mol. The molecule has 1 aliphatic rings. The van der Waals surface area contributed by atoms with E-state index in [2.05, 4.69) is 30.4 Å². The summed E-state index contributed by atoms with van der Waals surface area (Å²) < 4.78 is 0. The minimum Gasteiger partial charge on any atom is -0.398 e. The first-order chi connectivity index (χ1) is 7.27. The van der Waals surface area contributed by atoms with E-state index in [0.29, 0.717) is 0 Å². The zero-order valence-corrected chi connectivity index (χ0v) is 9.42. The van der Waals surface area contributed by atoms with Crippen LogP contribution in [0, 0.1) is 12.8 Å². The van der Waals surface area contributed by atoms with Gasteiger partial charge in [0.25, 0.3) is 0 Å². The summed E-state index contributed by atoms with van der Waals surface area (Å²) in [5, 5.41) is 3.45. The highest BCUT2D eigenvalue weighted by molar-refractivity contribution is 5.53. The smallest absolute Gasteiger partial charge is 0.0376 e. The number of nitrogen functional groups attached to an aromatic ring is 1. The van der Waals surface area contributed by atoms with Crippen LogP contribution in [0.2, 0.25) is 0 Å². The molecule has 0 saturated carbocycles. The van der Waals surface area contributed by atoms with E-state index in [0.717, 1.165) is 24.6 Å². The molecule has 1 fully saturated rings. The molecule has 1 aromatic rings. The number of para-hydroxylation sites is 1. The lowest BCUT2D eigenvalue weighted by atomic mass is 9.91. The van der Waals surface area contributed by atoms with Gasteiger partial charge in [-0.05, 0) is 56.3 Å². The highest BCUT2D eigenvalue weighted by Gasteiger charge is 2.14. The van der Waals surface area contributed by atoms with E-state index in [1.54, 1.807) is 0 Å². The Morgan fingerprint density at radius 3 is 3.07 bits per heavy atom. The Hall–Kier alpha value is -1.02. The van der Waals surface area contributed by atoms with Crippen LogP contribution in [0.1, 0.15) is 24.0 Å². The number of nitrogens with two attached hydrogens (primary N) is 1. The van der Waals surface area contributed by atoms with Gasteiger partial charge in [0.2, 0.25) is 0 Å². The number of benzene rings is 1. The van der Waals surface area contributed by atoms with Crippen LogP contribution in [0.15, 0.2) is 18.2 Å². The molecule has 1 heterocycles. The van der Waals surface area contributed by atoms with Crippen molar-refractivity contribution in [2.75, 3.05) is 18.8 Å². The quantitative estimate of drug-likeness (QED) is 0.724. The molecule has 1 aromatic carbocycles. The van der Waals surface area contributed by atoms with Crippen LogP contribution >= 0.6 is 0 Å². The second-order valence-corrected chi connectivity index (χ2v) is 4.56. The molecule has 2 rings (SSSR count). The Kier molecular flexibility index (Phi) is 3.27. The van der Waals surface area contributed by atoms with Crippen molar-refractivity contribution in [2.45, 2.75) is 26.2 Å². The van der Waals surface area contributed by atoms with Gasteiger partial charge >= 0.3 is 0 Å². The predicted octanol–water partition coefficient (Wildman–Crippen LogP) is 2.12. The Balaban J connectivity index is 2.06. The third-order valence-electron chi connectivity index (χ3n) is 3.32. The fourth-order valence-corrected chi connectivity index (χ4v) is 2.33. The summed E-state index contributed by atoms with van der Waals surface area (Å²) in [6.45, 7) is 4.41. The van der Waals surface area contributed by atoms with Crippen LogP contribution < -0.4 is 11.1 Å². The normalized spacial score (nSPS) is 21.5. The van der Waals surface area contributed by atoms with Crippen molar-refractivity contribution in [1.29, 1.82) is 0 Å². The molecule has 1 atom stereocenters. The van der Waals surface area contributed by atoms with Gasteiger partial charge in [-0.3, -0.25) is 0 Å². The molecule has 15 heavy (non-hydrogen) atoms. The van der Waals surface area contributed by atoms with Crippen LogP contribution in [0.25, 0.3) is 0 Å². The van der Waals surface area contributed by atoms with Crippen LogP contribution in [0.4, 0.5) is 5.69 Å². The van der Waals surface area contributed by atoms with E-state index in [4.69, 9.17) is 5.73 Å². The SMILES string of the molecule is Cc1cccc(CC2CCCNC2)c1N. The number of nitrogens with one attached hydrogen (secondary N) is 1. The number of hydrogen-bond acceptors (Lipinski definition) is 2. The summed E-state index contributed by atoms with van der Waals surface area (Å²) in [5.74, 6) is 0.767. The maximum absolute atomic E-state index is 6.08. The first-order valence-electron chi connectivity index (χ1n) is 5.82. The molecule has 82 valence electrons. The fourth-order valence-electron chi connectivity index (χ4n) is 2.33. The van der Waals surface area contributed by atoms with Gasteiger partial charge in [-0.25, -0.2) is 0 Å². The van der Waals surface area contributed by atoms with Gasteiger partial charge in [-0.2, -0.15) is 0 Å². The maximum Gasteiger partial charge on any atom is 0.0376 e. The van der Waals surface area contributed by atoms with Crippen molar-refractivity contribution in [2.24, 2.45) is 5.92 Å². The molecule has 1 aliphatic heterocycles. The zero-order chi connectivity index (χ0) is 10.7. The molecule has 0 bridgehead atoms. The number of hydrogen-bond donors (Lipinski definition) is 2. The minimum atomic E-state index is 0.767. The van der Waals surface area contributed by atoms with E-state index >= 15 is 0 Å². The van der Waals surface area contributed by atoms with Crippen molar-refractivity contribution >= 4 is 5.69 Å². The Morgan fingerprint density at radius 1 is 1.47 bits per heavy atom. The summed E-state index contributed by atoms with van der Waals surface area (Å²) in [6.07, 6.45) is 3.76. The fraction of sp³-hybridized carbons (Fsp3) is 0.538. The molecule has 2 heteroatoms. The van der Waals surface area contributed by atoms with Gasteiger partial charge in [0, 0.05) is 5.69 Å². The molecule has 1 unspecified atom stereocenters. The molecule has 2 nitrogen and oxygen atoms in total. The first kappa shape index (κ1) is 10.5. The first-order valence-corrected chi connectivity index (χ1v) is 5.82. The van der Waals surface area contributed by atoms with Crippen LogP contribution in [0.5, 0.6) is 0 Å². The molecule has 0 aliphatic carbocycles. The summed E-state index contributed by atoms with van der Waals surface area (Å²) in [6, 6.07) is 6.35. The molecule has 0 aromatic heterocycles. The monoisotopic (exact) mass is 204 g/mol. The molecule has 3 N–H and O–H groups in total. The van der Waals surface area contributed by atoms with Gasteiger partial charge in [0.05, 0.1) is 0 Å². The lowest BCUT2D eigenvalue weighted by molar-refractivity contribution is 0.376. The van der Waals surface area contributed by atoms with Crippen LogP contribution in [-0.4, -0.2) is 13.1 Å². The Labute approximate surface area is 91.9 Å². The second kappa shape index (κ2) is 4.67. The highest BCUT2D eigenvalue weighted by Crippen LogP contribution is 2.22. The summed E-state index contributed by atoms with van der Waals surface area (Å²) in [5.41, 5.74) is 9.60. The number of rotatable bonds is 2. The highest BCUT2D eigenvalue weighted by atomic mass is 14.9. The van der Waals surface area contributed by atoms with Crippen molar-refractivity contribution in [3.05, 3.63) is 29.3 Å². The molecule has 0 amide bonds. The molecule has 0 spiro atoms. The van der Waals surface area contributed by atoms with Crippen LogP contribution in [0.3, 0.4) is 0 Å². The molecular weight excluding hydrogens is 184 g/mol. The van der Waals surface area contributed by atoms with Crippen molar-refractivity contribution in [1.82, 2.24) is 5.32 Å². The Bertz CT molecular complexity index is 327. The van der Waals surface area contributed by atoms with E-state index in [9.17, 15) is 0 Å². The lowest BCUT2D eigenvalue weighted by Gasteiger charge is -2.23. The lowest BCUT2D eigenvalue weighted by Crippen LogP contribution is -2.31. The molecular formula is C13H20N2. The van der Waals surface area contributed by atoms with Crippen molar-refractivity contribution < 1.29 is 0 Å². The maximum atomic E-state index is 6.08. The van der Waals surface area contributed by atoms with Gasteiger partial charge in [0.1, 0.15) is 0 Å². The number of aryl methyl sites for hydroxylation is 1. The standard InChI is InChI=1S/C13H20N2/c1-10-4-2-6-12(13(10)14)8-11-5-3-7-15-9-11/h2,4,6,11,15H,3,5,7-9,14H2,1H3. The van der Waals surface area contributed by atoms with E-state index < -0.39 is 0 Å². The summed E-state index contributed by atoms with van der Waals surface area (Å²) in [4.78, 5) is 0. The second-order valence-electron chi connectivity index (χ2n) is 4.56. The Morgan fingerprint density at radius 2 is 2.33 bits per heavy atom. The van der Waals surface area contributed by atoms with Gasteiger partial charge in [-0.1, -0.05) is 18.2 Å². The van der Waals surface area contributed by atoms with E-state index in [-0.39, 0.29) is 0 Å². The van der Waals surface area contributed by atoms with Crippen LogP contribution in [-0.2, 0) is 6.42 Å². The molecule has 0 radical (unpaired) electrons. The zero-order valence-electron chi connectivity index (χ0n) is 9.42. The average Bonchev–Trinajstić information content (AvgIpc) is 2.26. The van der Waals surface area contributed by atoms with Gasteiger partial charge in [0.15, 0.2) is 0 Å². The minimum absolute atomic E-state index is 0.767. The average molecular weight is 204 g/mol. The van der Waals surface area contributed by atoms with Crippen molar-refractivity contribution in [3.8, 4) is 0 Å². The van der Waals surface area contributed by atoms with Gasteiger partial charge in [-0.15, -0.1) is 0 Å². The van der Waals surface area contributed by atoms with E-state index in [1.165, 1.54) is 30.5 Å². The third-order valence-corrected chi connectivity index (χ3v) is 3.32. The van der Waals surface area contributed by atoms with Gasteiger partial charge < -0.3 is 11.1 Å². The molecule has 1 saturated heterocycles. The largest absolute Gasteiger partial charge is 0.398 e.